The van der Waals surface area contributed by atoms with E-state index in [9.17, 15) is 9.59 Å². The Hall–Kier alpha value is -3.98. The van der Waals surface area contributed by atoms with Crippen LogP contribution in [-0.2, 0) is 0 Å². The molecule has 0 aliphatic carbocycles. The number of benzene rings is 3. The monoisotopic (exact) mass is 490 g/mol. The summed E-state index contributed by atoms with van der Waals surface area (Å²) in [5, 5.41) is 4.38. The van der Waals surface area contributed by atoms with Crippen LogP contribution in [0.15, 0.2) is 85.3 Å². The largest absolute Gasteiger partial charge is 0.497 e. The Morgan fingerprint density at radius 3 is 2.56 bits per heavy atom. The van der Waals surface area contributed by atoms with Crippen molar-refractivity contribution in [3.63, 3.8) is 0 Å². The molecule has 0 unspecified atom stereocenters. The van der Waals surface area contributed by atoms with Gasteiger partial charge in [-0.1, -0.05) is 27.2 Å². The molecule has 2 aromatic heterocycles. The molecule has 0 bridgehead atoms. The van der Waals surface area contributed by atoms with Crippen LogP contribution in [0.2, 0.25) is 0 Å². The quantitative estimate of drug-likeness (QED) is 0.405. The highest BCUT2D eigenvalue weighted by Crippen LogP contribution is 2.25. The second kappa shape index (κ2) is 7.93. The molecule has 158 valence electrons. The van der Waals surface area contributed by atoms with Crippen molar-refractivity contribution >= 4 is 26.8 Å². The highest BCUT2D eigenvalue weighted by Gasteiger charge is 2.14. The van der Waals surface area contributed by atoms with Crippen LogP contribution in [0.4, 0.5) is 0 Å². The lowest BCUT2D eigenvalue weighted by molar-refractivity contribution is 0.414. The summed E-state index contributed by atoms with van der Waals surface area (Å²) in [6.07, 6.45) is 0. The minimum atomic E-state index is -0.561. The number of methoxy groups -OCH3 is 1. The molecule has 0 aliphatic rings. The third kappa shape index (κ3) is 3.52. The number of halogens is 1. The Kier molecular flexibility index (Phi) is 4.95. The van der Waals surface area contributed by atoms with Crippen molar-refractivity contribution in [3.8, 4) is 34.3 Å². The number of fused-ring (bicyclic) bond motifs is 1. The van der Waals surface area contributed by atoms with Crippen LogP contribution < -0.4 is 16.0 Å². The van der Waals surface area contributed by atoms with E-state index in [1.807, 2.05) is 24.3 Å². The molecule has 0 atom stereocenters. The number of nitrogens with zero attached hydrogens (tertiary/aromatic N) is 3. The molecule has 32 heavy (non-hydrogen) atoms. The van der Waals surface area contributed by atoms with Gasteiger partial charge in [-0.15, -0.1) is 0 Å². The zero-order valence-corrected chi connectivity index (χ0v) is 18.3. The molecule has 9 heteroatoms. The SMILES string of the molecule is COc1cccc(-n2c(=O)[nH]c3cc(-c4nc(-c5ccc(Br)cc5)no4)ccc3c2=O)c1. The first kappa shape index (κ1) is 20.0. The summed E-state index contributed by atoms with van der Waals surface area (Å²) in [6, 6.07) is 19.2. The first-order chi connectivity index (χ1) is 15.5. The Bertz CT molecular complexity index is 1570. The minimum absolute atomic E-state index is 0.280. The zero-order valence-electron chi connectivity index (χ0n) is 16.7. The number of aromatic amines is 1. The molecule has 5 rings (SSSR count). The topological polar surface area (TPSA) is 103 Å². The number of aromatic nitrogens is 4. The summed E-state index contributed by atoms with van der Waals surface area (Å²) in [6.45, 7) is 0. The van der Waals surface area contributed by atoms with Gasteiger partial charge in [0.05, 0.1) is 23.7 Å². The maximum Gasteiger partial charge on any atom is 0.333 e. The standard InChI is InChI=1S/C23H15BrN4O4/c1-31-17-4-2-3-16(12-17)28-22(29)18-10-7-14(11-19(18)25-23(28)30)21-26-20(27-32-21)13-5-8-15(24)9-6-13/h2-12H,1H3,(H,25,30). The van der Waals surface area contributed by atoms with Gasteiger partial charge in [0, 0.05) is 21.7 Å². The molecule has 0 fully saturated rings. The lowest BCUT2D eigenvalue weighted by Gasteiger charge is -2.08. The molecule has 0 spiro atoms. The normalized spacial score (nSPS) is 11.1. The second-order valence-electron chi connectivity index (χ2n) is 6.96. The fourth-order valence-electron chi connectivity index (χ4n) is 3.39. The van der Waals surface area contributed by atoms with Gasteiger partial charge >= 0.3 is 5.69 Å². The third-order valence-electron chi connectivity index (χ3n) is 4.98. The number of H-pyrrole nitrogens is 1. The van der Waals surface area contributed by atoms with Crippen LogP contribution in [0, 0.1) is 0 Å². The van der Waals surface area contributed by atoms with Crippen LogP contribution in [0.1, 0.15) is 0 Å². The highest BCUT2D eigenvalue weighted by molar-refractivity contribution is 9.10. The predicted molar refractivity (Wildman–Crippen MR) is 123 cm³/mol. The summed E-state index contributed by atoms with van der Waals surface area (Å²) in [5.74, 6) is 1.26. The molecule has 2 heterocycles. The molecule has 1 N–H and O–H groups in total. The zero-order chi connectivity index (χ0) is 22.2. The van der Waals surface area contributed by atoms with Crippen molar-refractivity contribution in [3.05, 3.63) is 92.0 Å². The van der Waals surface area contributed by atoms with Crippen molar-refractivity contribution in [2.24, 2.45) is 0 Å². The average molecular weight is 491 g/mol. The van der Waals surface area contributed by atoms with E-state index in [0.29, 0.717) is 33.7 Å². The van der Waals surface area contributed by atoms with Gasteiger partial charge < -0.3 is 14.2 Å². The maximum atomic E-state index is 13.1. The number of hydrogen-bond acceptors (Lipinski definition) is 6. The van der Waals surface area contributed by atoms with E-state index < -0.39 is 11.2 Å². The molecule has 5 aromatic rings. The van der Waals surface area contributed by atoms with Gasteiger partial charge in [-0.25, -0.2) is 9.36 Å². The summed E-state index contributed by atoms with van der Waals surface area (Å²) >= 11 is 3.39. The van der Waals surface area contributed by atoms with Crippen molar-refractivity contribution in [2.45, 2.75) is 0 Å². The van der Waals surface area contributed by atoms with Crippen LogP contribution in [-0.4, -0.2) is 26.8 Å². The first-order valence-electron chi connectivity index (χ1n) is 9.57. The fourth-order valence-corrected chi connectivity index (χ4v) is 3.66. The van der Waals surface area contributed by atoms with E-state index >= 15 is 0 Å². The van der Waals surface area contributed by atoms with Gasteiger partial charge in [-0.3, -0.25) is 4.79 Å². The number of nitrogens with one attached hydrogen (secondary N) is 1. The Morgan fingerprint density at radius 1 is 1.00 bits per heavy atom. The molecular formula is C23H15BrN4O4. The van der Waals surface area contributed by atoms with Gasteiger partial charge in [0.2, 0.25) is 5.82 Å². The first-order valence-corrected chi connectivity index (χ1v) is 10.4. The third-order valence-corrected chi connectivity index (χ3v) is 5.51. The summed E-state index contributed by atoms with van der Waals surface area (Å²) in [5.41, 5.74) is 1.18. The van der Waals surface area contributed by atoms with Gasteiger partial charge in [-0.05, 0) is 54.6 Å². The number of ether oxygens (including phenoxy) is 1. The molecule has 8 nitrogen and oxygen atoms in total. The summed E-state index contributed by atoms with van der Waals surface area (Å²) in [7, 11) is 1.52. The lowest BCUT2D eigenvalue weighted by Crippen LogP contribution is -2.33. The van der Waals surface area contributed by atoms with Gasteiger partial charge in [0.15, 0.2) is 0 Å². The van der Waals surface area contributed by atoms with Crippen molar-refractivity contribution < 1.29 is 9.26 Å². The van der Waals surface area contributed by atoms with Crippen molar-refractivity contribution in [1.29, 1.82) is 0 Å². The van der Waals surface area contributed by atoms with E-state index in [2.05, 4.69) is 31.1 Å². The van der Waals surface area contributed by atoms with Gasteiger partial charge in [0.1, 0.15) is 5.75 Å². The second-order valence-corrected chi connectivity index (χ2v) is 7.88. The van der Waals surface area contributed by atoms with Crippen LogP contribution in [0.5, 0.6) is 5.75 Å². The molecule has 0 radical (unpaired) electrons. The van der Waals surface area contributed by atoms with Crippen molar-refractivity contribution in [2.75, 3.05) is 7.11 Å². The number of rotatable bonds is 4. The molecule has 0 saturated carbocycles. The molecular weight excluding hydrogens is 476 g/mol. The summed E-state index contributed by atoms with van der Waals surface area (Å²) < 4.78 is 12.6. The average Bonchev–Trinajstić information content (AvgIpc) is 3.30. The fraction of sp³-hybridized carbons (Fsp3) is 0.0435. The molecule has 0 amide bonds. The van der Waals surface area contributed by atoms with Crippen LogP contribution in [0.3, 0.4) is 0 Å². The molecule has 3 aromatic carbocycles. The molecule has 0 saturated heterocycles. The number of hydrogen-bond donors (Lipinski definition) is 1. The van der Waals surface area contributed by atoms with E-state index in [1.54, 1.807) is 42.5 Å². The lowest BCUT2D eigenvalue weighted by atomic mass is 10.1. The Morgan fingerprint density at radius 2 is 1.78 bits per heavy atom. The van der Waals surface area contributed by atoms with E-state index in [1.165, 1.54) is 7.11 Å². The van der Waals surface area contributed by atoms with E-state index in [0.717, 1.165) is 14.6 Å². The van der Waals surface area contributed by atoms with Gasteiger partial charge in [-0.2, -0.15) is 4.98 Å². The van der Waals surface area contributed by atoms with Crippen molar-refractivity contribution in [1.82, 2.24) is 19.7 Å². The summed E-state index contributed by atoms with van der Waals surface area (Å²) in [4.78, 5) is 33.0. The molecule has 0 aliphatic heterocycles. The highest BCUT2D eigenvalue weighted by atomic mass is 79.9. The Balaban J connectivity index is 1.58. The van der Waals surface area contributed by atoms with E-state index in [4.69, 9.17) is 9.26 Å². The minimum Gasteiger partial charge on any atom is -0.497 e. The van der Waals surface area contributed by atoms with Crippen LogP contribution >= 0.6 is 15.9 Å². The van der Waals surface area contributed by atoms with Crippen LogP contribution in [0.25, 0.3) is 39.4 Å². The predicted octanol–water partition coefficient (Wildman–Crippen LogP) is 4.17. The van der Waals surface area contributed by atoms with Gasteiger partial charge in [0.25, 0.3) is 11.4 Å². The van der Waals surface area contributed by atoms with E-state index in [-0.39, 0.29) is 5.89 Å². The smallest absolute Gasteiger partial charge is 0.333 e. The Labute approximate surface area is 189 Å². The maximum absolute atomic E-state index is 13.1.